The molecule has 0 bridgehead atoms. The van der Waals surface area contributed by atoms with Gasteiger partial charge in [-0.15, -0.1) is 5.10 Å². The minimum atomic E-state index is -1.26. The van der Waals surface area contributed by atoms with E-state index in [1.165, 1.54) is 6.92 Å². The van der Waals surface area contributed by atoms with Crippen molar-refractivity contribution in [2.45, 2.75) is 39.5 Å². The standard InChI is InChI=1S/C14H18N4O4/c1-8-4-5-9(2)11(6-8)22-7-12-15-16-17-18(12)13(10(3)19)14(20)21/h4-6,10,13,19H,7H2,1-3H3,(H,20,21). The van der Waals surface area contributed by atoms with Crippen molar-refractivity contribution in [3.8, 4) is 5.75 Å². The third-order valence-electron chi connectivity index (χ3n) is 3.23. The SMILES string of the molecule is Cc1ccc(C)c(OCc2nnnn2C(C(=O)O)C(C)O)c1. The second-order valence-electron chi connectivity index (χ2n) is 5.12. The van der Waals surface area contributed by atoms with E-state index < -0.39 is 18.1 Å². The number of carboxylic acids is 1. The van der Waals surface area contributed by atoms with Gasteiger partial charge in [-0.2, -0.15) is 0 Å². The molecule has 0 radical (unpaired) electrons. The first-order valence-corrected chi connectivity index (χ1v) is 6.78. The average Bonchev–Trinajstić information content (AvgIpc) is 2.87. The Bertz CT molecular complexity index is 669. The third kappa shape index (κ3) is 3.40. The van der Waals surface area contributed by atoms with Crippen molar-refractivity contribution < 1.29 is 19.7 Å². The fraction of sp³-hybridized carbons (Fsp3) is 0.429. The molecule has 0 aliphatic heterocycles. The van der Waals surface area contributed by atoms with Crippen LogP contribution in [0.3, 0.4) is 0 Å². The number of aliphatic carboxylic acids is 1. The van der Waals surface area contributed by atoms with Crippen LogP contribution in [0.15, 0.2) is 18.2 Å². The summed E-state index contributed by atoms with van der Waals surface area (Å²) < 4.78 is 6.74. The molecule has 0 aliphatic carbocycles. The molecule has 8 nitrogen and oxygen atoms in total. The first-order chi connectivity index (χ1) is 10.4. The summed E-state index contributed by atoms with van der Waals surface area (Å²) >= 11 is 0. The quantitative estimate of drug-likeness (QED) is 0.814. The zero-order chi connectivity index (χ0) is 16.3. The summed E-state index contributed by atoms with van der Waals surface area (Å²) in [5, 5.41) is 29.7. The first kappa shape index (κ1) is 15.9. The van der Waals surface area contributed by atoms with Crippen molar-refractivity contribution in [1.29, 1.82) is 0 Å². The zero-order valence-electron chi connectivity index (χ0n) is 12.6. The van der Waals surface area contributed by atoms with E-state index in [4.69, 9.17) is 4.74 Å². The van der Waals surface area contributed by atoms with Crippen LogP contribution in [0, 0.1) is 13.8 Å². The molecule has 2 aromatic rings. The van der Waals surface area contributed by atoms with Gasteiger partial charge in [0.25, 0.3) is 0 Å². The van der Waals surface area contributed by atoms with E-state index in [-0.39, 0.29) is 12.4 Å². The van der Waals surface area contributed by atoms with E-state index in [0.717, 1.165) is 15.8 Å². The predicted octanol–water partition coefficient (Wildman–Crippen LogP) is 0.875. The van der Waals surface area contributed by atoms with E-state index in [1.54, 1.807) is 0 Å². The van der Waals surface area contributed by atoms with E-state index in [0.29, 0.717) is 5.75 Å². The van der Waals surface area contributed by atoms with E-state index in [9.17, 15) is 15.0 Å². The number of hydrogen-bond donors (Lipinski definition) is 2. The van der Waals surface area contributed by atoms with Crippen LogP contribution in [0.25, 0.3) is 0 Å². The molecule has 2 atom stereocenters. The highest BCUT2D eigenvalue weighted by Gasteiger charge is 2.29. The van der Waals surface area contributed by atoms with Crippen LogP contribution in [-0.4, -0.2) is 42.5 Å². The maximum absolute atomic E-state index is 11.2. The maximum atomic E-state index is 11.2. The van der Waals surface area contributed by atoms with Gasteiger partial charge < -0.3 is 14.9 Å². The van der Waals surface area contributed by atoms with Gasteiger partial charge in [0.15, 0.2) is 11.9 Å². The number of carboxylic acid groups (broad SMARTS) is 1. The van der Waals surface area contributed by atoms with Gasteiger partial charge in [-0.05, 0) is 48.4 Å². The first-order valence-electron chi connectivity index (χ1n) is 6.78. The number of hydrogen-bond acceptors (Lipinski definition) is 6. The largest absolute Gasteiger partial charge is 0.485 e. The Hall–Kier alpha value is -2.48. The number of aromatic nitrogens is 4. The molecule has 1 aromatic carbocycles. The highest BCUT2D eigenvalue weighted by molar-refractivity contribution is 5.72. The van der Waals surface area contributed by atoms with Crippen LogP contribution in [0.2, 0.25) is 0 Å². The molecule has 8 heteroatoms. The Morgan fingerprint density at radius 3 is 2.77 bits per heavy atom. The molecule has 1 heterocycles. The van der Waals surface area contributed by atoms with Crippen molar-refractivity contribution in [2.75, 3.05) is 0 Å². The second kappa shape index (κ2) is 6.52. The van der Waals surface area contributed by atoms with Crippen molar-refractivity contribution in [3.63, 3.8) is 0 Å². The molecule has 0 spiro atoms. The van der Waals surface area contributed by atoms with E-state index in [1.807, 2.05) is 32.0 Å². The van der Waals surface area contributed by atoms with Gasteiger partial charge in [-0.25, -0.2) is 9.48 Å². The monoisotopic (exact) mass is 306 g/mol. The number of ether oxygens (including phenoxy) is 1. The molecule has 0 aliphatic rings. The smallest absolute Gasteiger partial charge is 0.331 e. The lowest BCUT2D eigenvalue weighted by Crippen LogP contribution is -2.31. The molecule has 0 saturated heterocycles. The van der Waals surface area contributed by atoms with Crippen LogP contribution in [0.4, 0.5) is 0 Å². The molecule has 0 fully saturated rings. The van der Waals surface area contributed by atoms with Crippen LogP contribution in [0.1, 0.15) is 29.9 Å². The van der Waals surface area contributed by atoms with Crippen LogP contribution < -0.4 is 4.74 Å². The maximum Gasteiger partial charge on any atom is 0.331 e. The average molecular weight is 306 g/mol. The van der Waals surface area contributed by atoms with Crippen molar-refractivity contribution >= 4 is 5.97 Å². The van der Waals surface area contributed by atoms with Crippen molar-refractivity contribution in [2.24, 2.45) is 0 Å². The van der Waals surface area contributed by atoms with Crippen LogP contribution in [-0.2, 0) is 11.4 Å². The van der Waals surface area contributed by atoms with Gasteiger partial charge in [0.2, 0.25) is 0 Å². The van der Waals surface area contributed by atoms with Crippen LogP contribution >= 0.6 is 0 Å². The van der Waals surface area contributed by atoms with E-state index >= 15 is 0 Å². The summed E-state index contributed by atoms with van der Waals surface area (Å²) in [5.74, 6) is -0.303. The summed E-state index contributed by atoms with van der Waals surface area (Å²) in [6.07, 6.45) is -1.14. The summed E-state index contributed by atoms with van der Waals surface area (Å²) in [4.78, 5) is 11.2. The van der Waals surface area contributed by atoms with Gasteiger partial charge in [0.05, 0.1) is 6.10 Å². The number of rotatable bonds is 6. The number of tetrazole rings is 1. The Kier molecular flexibility index (Phi) is 4.71. The summed E-state index contributed by atoms with van der Waals surface area (Å²) in [6, 6.07) is 4.53. The topological polar surface area (TPSA) is 110 Å². The number of aliphatic hydroxyl groups excluding tert-OH is 1. The number of benzene rings is 1. The lowest BCUT2D eigenvalue weighted by molar-refractivity contribution is -0.144. The highest BCUT2D eigenvalue weighted by Crippen LogP contribution is 2.21. The molecule has 118 valence electrons. The summed E-state index contributed by atoms with van der Waals surface area (Å²) in [6.45, 7) is 5.24. The van der Waals surface area contributed by atoms with Crippen LogP contribution in [0.5, 0.6) is 5.75 Å². The van der Waals surface area contributed by atoms with Crippen molar-refractivity contribution in [3.05, 3.63) is 35.2 Å². The minimum Gasteiger partial charge on any atom is -0.485 e. The third-order valence-corrected chi connectivity index (χ3v) is 3.23. The predicted molar refractivity (Wildman–Crippen MR) is 76.4 cm³/mol. The molecule has 2 rings (SSSR count). The fourth-order valence-corrected chi connectivity index (χ4v) is 2.04. The second-order valence-corrected chi connectivity index (χ2v) is 5.12. The Balaban J connectivity index is 2.20. The number of aliphatic hydroxyl groups is 1. The van der Waals surface area contributed by atoms with Gasteiger partial charge in [-0.1, -0.05) is 12.1 Å². The number of nitrogens with zero attached hydrogens (tertiary/aromatic N) is 4. The fourth-order valence-electron chi connectivity index (χ4n) is 2.04. The Morgan fingerprint density at radius 1 is 1.41 bits per heavy atom. The summed E-state index contributed by atoms with van der Waals surface area (Å²) in [7, 11) is 0. The number of aryl methyl sites for hydroxylation is 2. The normalized spacial score (nSPS) is 13.6. The molecule has 22 heavy (non-hydrogen) atoms. The van der Waals surface area contributed by atoms with Gasteiger partial charge >= 0.3 is 5.97 Å². The lowest BCUT2D eigenvalue weighted by atomic mass is 10.1. The minimum absolute atomic E-state index is 0.00773. The Labute approximate surface area is 127 Å². The highest BCUT2D eigenvalue weighted by atomic mass is 16.5. The molecule has 2 N–H and O–H groups in total. The molecule has 2 unspecified atom stereocenters. The molecular weight excluding hydrogens is 288 g/mol. The molecule has 0 saturated carbocycles. The molecule has 1 aromatic heterocycles. The van der Waals surface area contributed by atoms with E-state index in [2.05, 4.69) is 15.5 Å². The molecular formula is C14H18N4O4. The van der Waals surface area contributed by atoms with Gasteiger partial charge in [0.1, 0.15) is 12.4 Å². The van der Waals surface area contributed by atoms with Gasteiger partial charge in [-0.3, -0.25) is 0 Å². The molecule has 0 amide bonds. The van der Waals surface area contributed by atoms with Crippen molar-refractivity contribution in [1.82, 2.24) is 20.2 Å². The summed E-state index contributed by atoms with van der Waals surface area (Å²) in [5.41, 5.74) is 2.00. The lowest BCUT2D eigenvalue weighted by Gasteiger charge is -2.17. The van der Waals surface area contributed by atoms with Gasteiger partial charge in [0, 0.05) is 0 Å². The number of carbonyl (C=O) groups is 1. The zero-order valence-corrected chi connectivity index (χ0v) is 12.6. The Morgan fingerprint density at radius 2 is 2.14 bits per heavy atom.